The van der Waals surface area contributed by atoms with Crippen LogP contribution in [0.4, 0.5) is 0 Å². The van der Waals surface area contributed by atoms with Crippen molar-refractivity contribution in [3.8, 4) is 0 Å². The molecule has 38 heavy (non-hydrogen) atoms. The maximum absolute atomic E-state index is 14.0. The highest BCUT2D eigenvalue weighted by Crippen LogP contribution is 2.61. The van der Waals surface area contributed by atoms with E-state index in [4.69, 9.17) is 16.3 Å². The van der Waals surface area contributed by atoms with Crippen LogP contribution >= 0.6 is 11.6 Å². The molecule has 3 atom stereocenters. The van der Waals surface area contributed by atoms with Crippen LogP contribution in [0.2, 0.25) is 5.02 Å². The lowest BCUT2D eigenvalue weighted by molar-refractivity contribution is -0.160. The van der Waals surface area contributed by atoms with Crippen molar-refractivity contribution < 1.29 is 23.9 Å². The fourth-order valence-corrected chi connectivity index (χ4v) is 6.72. The number of carbonyl (C=O) groups is 4. The third kappa shape index (κ3) is 3.62. The smallest absolute Gasteiger partial charge is 0.330 e. The van der Waals surface area contributed by atoms with E-state index in [0.717, 1.165) is 27.2 Å². The molecule has 2 bridgehead atoms. The van der Waals surface area contributed by atoms with E-state index < -0.39 is 42.2 Å². The highest BCUT2D eigenvalue weighted by molar-refractivity contribution is 6.30. The molecule has 0 unspecified atom stereocenters. The molecule has 192 valence electrons. The maximum Gasteiger partial charge on any atom is 0.330 e. The molecule has 6 nitrogen and oxygen atoms in total. The number of benzene rings is 3. The van der Waals surface area contributed by atoms with E-state index >= 15 is 0 Å². The molecule has 3 aromatic rings. The number of Topliss-reactive ketones (excluding diaryl/α,β-unsaturated/α-hetero) is 1. The SMILES string of the molecule is CC(C)[C@@H](C(=O)OCC(=O)c1ccc(Cl)cc1)N1C(=O)[C@H]2C3c4ccccc4C(c4ccccc43)[C@@H]2C1=O. The molecular formula is C31H26ClNO5. The van der Waals surface area contributed by atoms with Crippen LogP contribution in [0.25, 0.3) is 0 Å². The number of hydrogen-bond donors (Lipinski definition) is 0. The summed E-state index contributed by atoms with van der Waals surface area (Å²) in [5.74, 6) is -3.92. The number of carbonyl (C=O) groups excluding carboxylic acids is 4. The second-order valence-electron chi connectivity index (χ2n) is 10.5. The van der Waals surface area contributed by atoms with Crippen LogP contribution in [0.3, 0.4) is 0 Å². The van der Waals surface area contributed by atoms with Gasteiger partial charge in [0.25, 0.3) is 0 Å². The van der Waals surface area contributed by atoms with Crippen molar-refractivity contribution in [3.05, 3.63) is 106 Å². The predicted octanol–water partition coefficient (Wildman–Crippen LogP) is 4.98. The molecule has 0 spiro atoms. The van der Waals surface area contributed by atoms with Gasteiger partial charge in [0.05, 0.1) is 11.8 Å². The normalized spacial score (nSPS) is 23.6. The fraction of sp³-hybridized carbons (Fsp3) is 0.290. The van der Waals surface area contributed by atoms with Crippen LogP contribution in [-0.4, -0.2) is 41.1 Å². The summed E-state index contributed by atoms with van der Waals surface area (Å²) >= 11 is 5.89. The Morgan fingerprint density at radius 2 is 1.24 bits per heavy atom. The maximum atomic E-state index is 14.0. The van der Waals surface area contributed by atoms with Gasteiger partial charge in [-0.15, -0.1) is 0 Å². The molecule has 0 saturated carbocycles. The van der Waals surface area contributed by atoms with Gasteiger partial charge in [0.1, 0.15) is 6.04 Å². The van der Waals surface area contributed by atoms with Gasteiger partial charge in [-0.3, -0.25) is 19.3 Å². The largest absolute Gasteiger partial charge is 0.456 e. The van der Waals surface area contributed by atoms with Crippen molar-refractivity contribution in [2.45, 2.75) is 31.7 Å². The van der Waals surface area contributed by atoms with Crippen molar-refractivity contribution in [3.63, 3.8) is 0 Å². The standard InChI is InChI=1S/C31H26ClNO5/c1-16(2)28(31(37)38-15-23(34)17-11-13-18(32)14-12-17)33-29(35)26-24-19-7-3-4-8-20(19)25(27(26)30(33)36)22-10-6-5-9-21(22)24/h3-14,16,24-28H,15H2,1-2H3/t24?,25?,26-,27-,28-/m0/s1. The summed E-state index contributed by atoms with van der Waals surface area (Å²) in [7, 11) is 0. The molecule has 0 radical (unpaired) electrons. The average molecular weight is 528 g/mol. The quantitative estimate of drug-likeness (QED) is 0.256. The van der Waals surface area contributed by atoms with Crippen molar-refractivity contribution in [2.75, 3.05) is 6.61 Å². The number of nitrogens with zero attached hydrogens (tertiary/aromatic N) is 1. The third-order valence-electron chi connectivity index (χ3n) is 8.15. The molecule has 7 heteroatoms. The van der Waals surface area contributed by atoms with E-state index in [1.807, 2.05) is 48.5 Å². The van der Waals surface area contributed by atoms with Gasteiger partial charge in [0.15, 0.2) is 12.4 Å². The Morgan fingerprint density at radius 1 is 0.789 bits per heavy atom. The second-order valence-corrected chi connectivity index (χ2v) is 11.0. The molecule has 1 heterocycles. The highest BCUT2D eigenvalue weighted by atomic mass is 35.5. The van der Waals surface area contributed by atoms with Crippen LogP contribution in [0.1, 0.15) is 58.3 Å². The van der Waals surface area contributed by atoms with Crippen molar-refractivity contribution in [1.82, 2.24) is 4.90 Å². The molecule has 7 rings (SSSR count). The van der Waals surface area contributed by atoms with Gasteiger partial charge in [-0.1, -0.05) is 74.0 Å². The molecular weight excluding hydrogens is 502 g/mol. The summed E-state index contributed by atoms with van der Waals surface area (Å²) in [6.07, 6.45) is 0. The van der Waals surface area contributed by atoms with E-state index in [9.17, 15) is 19.2 Å². The van der Waals surface area contributed by atoms with Gasteiger partial charge in [-0.05, 0) is 52.4 Å². The number of ether oxygens (including phenoxy) is 1. The van der Waals surface area contributed by atoms with Gasteiger partial charge in [-0.25, -0.2) is 4.79 Å². The Labute approximate surface area is 225 Å². The third-order valence-corrected chi connectivity index (χ3v) is 8.40. The topological polar surface area (TPSA) is 80.8 Å². The molecule has 4 aliphatic rings. The van der Waals surface area contributed by atoms with Crippen LogP contribution in [0.15, 0.2) is 72.8 Å². The lowest BCUT2D eigenvalue weighted by atomic mass is 9.55. The molecule has 1 aliphatic heterocycles. The van der Waals surface area contributed by atoms with E-state index in [1.54, 1.807) is 38.1 Å². The van der Waals surface area contributed by atoms with E-state index in [2.05, 4.69) is 0 Å². The number of esters is 1. The van der Waals surface area contributed by atoms with Crippen molar-refractivity contribution >= 4 is 35.2 Å². The molecule has 3 aromatic carbocycles. The number of halogens is 1. The van der Waals surface area contributed by atoms with E-state index in [1.165, 1.54) is 0 Å². The summed E-state index contributed by atoms with van der Waals surface area (Å²) in [6.45, 7) is 3.05. The van der Waals surface area contributed by atoms with Crippen LogP contribution in [0.5, 0.6) is 0 Å². The van der Waals surface area contributed by atoms with Gasteiger partial charge < -0.3 is 4.74 Å². The minimum absolute atomic E-state index is 0.255. The number of imide groups is 1. The first-order valence-corrected chi connectivity index (χ1v) is 13.2. The highest BCUT2D eigenvalue weighted by Gasteiger charge is 2.63. The molecule has 1 saturated heterocycles. The Balaban J connectivity index is 1.31. The Morgan fingerprint density at radius 3 is 1.66 bits per heavy atom. The number of ketones is 1. The Hall–Kier alpha value is -3.77. The minimum atomic E-state index is -1.12. The summed E-state index contributed by atoms with van der Waals surface area (Å²) in [6, 6.07) is 21.2. The zero-order valence-electron chi connectivity index (χ0n) is 21.0. The first-order valence-electron chi connectivity index (χ1n) is 12.8. The Kier molecular flexibility index (Phi) is 5.95. The monoisotopic (exact) mass is 527 g/mol. The number of amides is 2. The first kappa shape index (κ1) is 24.6. The first-order chi connectivity index (χ1) is 18.3. The number of likely N-dealkylation sites (tertiary alicyclic amines) is 1. The predicted molar refractivity (Wildman–Crippen MR) is 141 cm³/mol. The van der Waals surface area contributed by atoms with E-state index in [-0.39, 0.29) is 23.7 Å². The van der Waals surface area contributed by atoms with Crippen LogP contribution < -0.4 is 0 Å². The van der Waals surface area contributed by atoms with Gasteiger partial charge >= 0.3 is 5.97 Å². The number of hydrogen-bond acceptors (Lipinski definition) is 5. The van der Waals surface area contributed by atoms with Crippen LogP contribution in [-0.2, 0) is 19.1 Å². The second kappa shape index (κ2) is 9.21. The summed E-state index contributed by atoms with van der Waals surface area (Å²) in [5, 5.41) is 0.490. The zero-order valence-corrected chi connectivity index (χ0v) is 21.7. The zero-order chi connectivity index (χ0) is 26.7. The van der Waals surface area contributed by atoms with E-state index in [0.29, 0.717) is 10.6 Å². The minimum Gasteiger partial charge on any atom is -0.456 e. The van der Waals surface area contributed by atoms with Gasteiger partial charge in [-0.2, -0.15) is 0 Å². The average Bonchev–Trinajstić information content (AvgIpc) is 3.18. The summed E-state index contributed by atoms with van der Waals surface area (Å²) < 4.78 is 5.40. The summed E-state index contributed by atoms with van der Waals surface area (Å²) in [5.41, 5.74) is 4.63. The lowest BCUT2D eigenvalue weighted by Gasteiger charge is -2.45. The molecule has 0 aromatic heterocycles. The molecule has 2 amide bonds. The Bertz CT molecular complexity index is 1360. The van der Waals surface area contributed by atoms with Crippen molar-refractivity contribution in [1.29, 1.82) is 0 Å². The fourth-order valence-electron chi connectivity index (χ4n) is 6.59. The molecule has 3 aliphatic carbocycles. The lowest BCUT2D eigenvalue weighted by Crippen LogP contribution is -2.49. The van der Waals surface area contributed by atoms with Crippen LogP contribution in [0, 0.1) is 17.8 Å². The molecule has 0 N–H and O–H groups in total. The van der Waals surface area contributed by atoms with Crippen molar-refractivity contribution in [2.24, 2.45) is 17.8 Å². The molecule has 1 fully saturated rings. The summed E-state index contributed by atoms with van der Waals surface area (Å²) in [4.78, 5) is 55.1. The van der Waals surface area contributed by atoms with Gasteiger partial charge in [0, 0.05) is 22.4 Å². The van der Waals surface area contributed by atoms with Gasteiger partial charge in [0.2, 0.25) is 11.8 Å². The number of rotatable bonds is 6.